The van der Waals surface area contributed by atoms with E-state index in [-0.39, 0.29) is 12.1 Å². The summed E-state index contributed by atoms with van der Waals surface area (Å²) in [4.78, 5) is 18.9. The molecule has 144 valence electrons. The number of hydrogen-bond donors (Lipinski definition) is 2. The smallest absolute Gasteiger partial charge is 0.315 e. The topological polar surface area (TPSA) is 66.5 Å². The number of carbonyl (C=O) groups is 1. The van der Waals surface area contributed by atoms with Gasteiger partial charge in [0, 0.05) is 25.4 Å². The normalized spacial score (nSPS) is 15.3. The van der Waals surface area contributed by atoms with Gasteiger partial charge in [-0.25, -0.2) is 9.78 Å². The fourth-order valence-corrected chi connectivity index (χ4v) is 3.41. The summed E-state index contributed by atoms with van der Waals surface area (Å²) in [6.07, 6.45) is 4.14. The van der Waals surface area contributed by atoms with Crippen LogP contribution in [-0.4, -0.2) is 42.2 Å². The lowest BCUT2D eigenvalue weighted by atomic mass is 10.1. The van der Waals surface area contributed by atoms with Crippen molar-refractivity contribution in [3.8, 4) is 5.88 Å². The Morgan fingerprint density at radius 2 is 1.96 bits per heavy atom. The first-order valence-corrected chi connectivity index (χ1v) is 9.64. The number of amides is 2. The van der Waals surface area contributed by atoms with Crippen LogP contribution in [0.3, 0.4) is 0 Å². The third kappa shape index (κ3) is 5.69. The Bertz CT molecular complexity index is 717. The lowest BCUT2D eigenvalue weighted by Gasteiger charge is -2.28. The van der Waals surface area contributed by atoms with Crippen molar-refractivity contribution in [2.45, 2.75) is 32.4 Å². The second-order valence-corrected chi connectivity index (χ2v) is 6.67. The van der Waals surface area contributed by atoms with Gasteiger partial charge >= 0.3 is 6.03 Å². The molecule has 1 atom stereocenters. The minimum atomic E-state index is -0.162. The molecule has 0 bridgehead atoms. The number of pyridine rings is 1. The zero-order chi connectivity index (χ0) is 18.9. The van der Waals surface area contributed by atoms with Crippen molar-refractivity contribution < 1.29 is 9.53 Å². The third-order valence-corrected chi connectivity index (χ3v) is 4.77. The first kappa shape index (κ1) is 19.2. The molecule has 0 radical (unpaired) electrons. The number of likely N-dealkylation sites (tertiary alicyclic amines) is 1. The number of hydrogen-bond acceptors (Lipinski definition) is 4. The lowest BCUT2D eigenvalue weighted by molar-refractivity contribution is 0.220. The van der Waals surface area contributed by atoms with Gasteiger partial charge in [-0.2, -0.15) is 0 Å². The Balaban J connectivity index is 1.52. The first-order chi connectivity index (χ1) is 13.3. The maximum atomic E-state index is 12.3. The van der Waals surface area contributed by atoms with Crippen LogP contribution in [0.15, 0.2) is 48.7 Å². The van der Waals surface area contributed by atoms with E-state index in [0.29, 0.717) is 25.6 Å². The Hall–Kier alpha value is -2.60. The summed E-state index contributed by atoms with van der Waals surface area (Å²) in [5.74, 6) is 0.579. The molecule has 27 heavy (non-hydrogen) atoms. The molecule has 2 amide bonds. The predicted molar refractivity (Wildman–Crippen MR) is 106 cm³/mol. The molecular formula is C21H28N4O2. The van der Waals surface area contributed by atoms with Gasteiger partial charge in [0.05, 0.1) is 12.6 Å². The molecule has 0 spiro atoms. The Morgan fingerprint density at radius 1 is 1.19 bits per heavy atom. The van der Waals surface area contributed by atoms with Gasteiger partial charge in [0.15, 0.2) is 0 Å². The molecule has 0 aliphatic carbocycles. The minimum Gasteiger partial charge on any atom is -0.478 e. The summed E-state index contributed by atoms with van der Waals surface area (Å²) in [7, 11) is 0. The van der Waals surface area contributed by atoms with Crippen LogP contribution in [0.5, 0.6) is 5.88 Å². The van der Waals surface area contributed by atoms with Crippen molar-refractivity contribution in [3.63, 3.8) is 0 Å². The monoisotopic (exact) mass is 368 g/mol. The summed E-state index contributed by atoms with van der Waals surface area (Å²) in [6, 6.07) is 14.2. The summed E-state index contributed by atoms with van der Waals surface area (Å²) < 4.78 is 5.39. The van der Waals surface area contributed by atoms with Gasteiger partial charge in [0.2, 0.25) is 5.88 Å². The maximum absolute atomic E-state index is 12.3. The summed E-state index contributed by atoms with van der Waals surface area (Å²) >= 11 is 0. The second kappa shape index (κ2) is 9.92. The van der Waals surface area contributed by atoms with Gasteiger partial charge < -0.3 is 15.4 Å². The van der Waals surface area contributed by atoms with Crippen molar-refractivity contribution in [2.75, 3.05) is 26.2 Å². The fourth-order valence-electron chi connectivity index (χ4n) is 3.41. The summed E-state index contributed by atoms with van der Waals surface area (Å²) in [5, 5.41) is 5.94. The highest BCUT2D eigenvalue weighted by molar-refractivity contribution is 5.73. The number of nitrogens with zero attached hydrogens (tertiary/aromatic N) is 2. The molecular weight excluding hydrogens is 340 g/mol. The molecule has 6 nitrogen and oxygen atoms in total. The molecule has 0 saturated carbocycles. The van der Waals surface area contributed by atoms with E-state index in [0.717, 1.165) is 18.7 Å². The Kier molecular flexibility index (Phi) is 7.04. The van der Waals surface area contributed by atoms with Crippen LogP contribution < -0.4 is 15.4 Å². The van der Waals surface area contributed by atoms with E-state index in [9.17, 15) is 4.79 Å². The zero-order valence-electron chi connectivity index (χ0n) is 15.9. The molecule has 1 aromatic heterocycles. The number of ether oxygens (including phenoxy) is 1. The SMILES string of the molecule is CCOc1cc(CNC(=O)NCC(c2ccccc2)N2CCCC2)ccn1. The number of rotatable bonds is 8. The van der Waals surface area contributed by atoms with Crippen LogP contribution in [0.2, 0.25) is 0 Å². The van der Waals surface area contributed by atoms with E-state index in [1.54, 1.807) is 6.20 Å². The molecule has 2 aromatic rings. The number of benzene rings is 1. The number of aromatic nitrogens is 1. The van der Waals surface area contributed by atoms with Crippen LogP contribution in [0.4, 0.5) is 4.79 Å². The third-order valence-electron chi connectivity index (χ3n) is 4.77. The quantitative estimate of drug-likeness (QED) is 0.751. The number of carbonyl (C=O) groups excluding carboxylic acids is 1. The van der Waals surface area contributed by atoms with Crippen molar-refractivity contribution in [1.82, 2.24) is 20.5 Å². The molecule has 3 rings (SSSR count). The average Bonchev–Trinajstić information content (AvgIpc) is 3.22. The van der Waals surface area contributed by atoms with E-state index in [4.69, 9.17) is 4.74 Å². The predicted octanol–water partition coefficient (Wildman–Crippen LogP) is 3.12. The molecule has 1 aliphatic heterocycles. The van der Waals surface area contributed by atoms with Gasteiger partial charge in [-0.05, 0) is 50.0 Å². The van der Waals surface area contributed by atoms with Gasteiger partial charge in [-0.15, -0.1) is 0 Å². The van der Waals surface area contributed by atoms with Crippen LogP contribution in [0, 0.1) is 0 Å². The maximum Gasteiger partial charge on any atom is 0.315 e. The first-order valence-electron chi connectivity index (χ1n) is 9.64. The van der Waals surface area contributed by atoms with Gasteiger partial charge in [0.1, 0.15) is 0 Å². The second-order valence-electron chi connectivity index (χ2n) is 6.67. The number of nitrogens with one attached hydrogen (secondary N) is 2. The molecule has 1 aliphatic rings. The molecule has 1 saturated heterocycles. The highest BCUT2D eigenvalue weighted by Gasteiger charge is 2.23. The van der Waals surface area contributed by atoms with E-state index >= 15 is 0 Å². The summed E-state index contributed by atoms with van der Waals surface area (Å²) in [6.45, 7) is 5.69. The largest absolute Gasteiger partial charge is 0.478 e. The van der Waals surface area contributed by atoms with Crippen molar-refractivity contribution >= 4 is 6.03 Å². The van der Waals surface area contributed by atoms with Crippen molar-refractivity contribution in [3.05, 3.63) is 59.8 Å². The van der Waals surface area contributed by atoms with E-state index in [1.807, 2.05) is 25.1 Å². The van der Waals surface area contributed by atoms with Crippen LogP contribution in [0.1, 0.15) is 36.9 Å². The number of urea groups is 1. The van der Waals surface area contributed by atoms with E-state index in [1.165, 1.54) is 18.4 Å². The zero-order valence-corrected chi connectivity index (χ0v) is 15.9. The minimum absolute atomic E-state index is 0.162. The fraction of sp³-hybridized carbons (Fsp3) is 0.429. The molecule has 6 heteroatoms. The molecule has 1 unspecified atom stereocenters. The van der Waals surface area contributed by atoms with Gasteiger partial charge in [0.25, 0.3) is 0 Å². The standard InChI is InChI=1S/C21H28N4O2/c1-2-27-20-14-17(10-11-22-20)15-23-21(26)24-16-19(25-12-6-7-13-25)18-8-4-3-5-9-18/h3-5,8-11,14,19H,2,6-7,12-13,15-16H2,1H3,(H2,23,24,26). The van der Waals surface area contributed by atoms with Gasteiger partial charge in [-0.3, -0.25) is 4.90 Å². The average molecular weight is 368 g/mol. The summed E-state index contributed by atoms with van der Waals surface area (Å²) in [5.41, 5.74) is 2.21. The van der Waals surface area contributed by atoms with Crippen LogP contribution >= 0.6 is 0 Å². The van der Waals surface area contributed by atoms with Crippen molar-refractivity contribution in [2.24, 2.45) is 0 Å². The highest BCUT2D eigenvalue weighted by Crippen LogP contribution is 2.24. The van der Waals surface area contributed by atoms with E-state index < -0.39 is 0 Å². The van der Waals surface area contributed by atoms with Crippen LogP contribution in [0.25, 0.3) is 0 Å². The molecule has 2 N–H and O–H groups in total. The van der Waals surface area contributed by atoms with Crippen LogP contribution in [-0.2, 0) is 6.54 Å². The Morgan fingerprint density at radius 3 is 2.70 bits per heavy atom. The molecule has 2 heterocycles. The highest BCUT2D eigenvalue weighted by atomic mass is 16.5. The Labute approximate surface area is 160 Å². The van der Waals surface area contributed by atoms with Gasteiger partial charge in [-0.1, -0.05) is 30.3 Å². The lowest BCUT2D eigenvalue weighted by Crippen LogP contribution is -2.41. The molecule has 1 aromatic carbocycles. The molecule has 1 fully saturated rings. The van der Waals surface area contributed by atoms with E-state index in [2.05, 4.69) is 44.8 Å². The van der Waals surface area contributed by atoms with Crippen molar-refractivity contribution in [1.29, 1.82) is 0 Å².